The van der Waals surface area contributed by atoms with Gasteiger partial charge >= 0.3 is 0 Å². The number of benzene rings is 1. The van der Waals surface area contributed by atoms with Gasteiger partial charge < -0.3 is 5.32 Å². The van der Waals surface area contributed by atoms with Crippen molar-refractivity contribution >= 4 is 29.5 Å². The number of unbranched alkanes of at least 4 members (excludes halogenated alkanes) is 2. The summed E-state index contributed by atoms with van der Waals surface area (Å²) in [6.07, 6.45) is 6.47. The minimum Gasteiger partial charge on any atom is -0.329 e. The van der Waals surface area contributed by atoms with Gasteiger partial charge in [0.25, 0.3) is 0 Å². The molecule has 0 heterocycles. The van der Waals surface area contributed by atoms with Crippen molar-refractivity contribution in [1.29, 1.82) is 0 Å². The Morgan fingerprint density at radius 3 is 2.24 bits per heavy atom. The summed E-state index contributed by atoms with van der Waals surface area (Å²) in [7, 11) is 0. The lowest BCUT2D eigenvalue weighted by Crippen LogP contribution is -2.06. The van der Waals surface area contributed by atoms with Gasteiger partial charge in [0.1, 0.15) is 5.78 Å². The fourth-order valence-corrected chi connectivity index (χ4v) is 2.30. The maximum Gasteiger partial charge on any atom is 0.211 e. The summed E-state index contributed by atoms with van der Waals surface area (Å²) in [5.74, 6) is 0.477. The van der Waals surface area contributed by atoms with Crippen LogP contribution in [0.15, 0.2) is 18.2 Å². The molecule has 0 aliphatic heterocycles. The van der Waals surface area contributed by atoms with Gasteiger partial charge in [0.2, 0.25) is 6.41 Å². The van der Waals surface area contributed by atoms with Gasteiger partial charge in [-0.3, -0.25) is 9.59 Å². The molecule has 0 fully saturated rings. The fourth-order valence-electron chi connectivity index (χ4n) is 2.04. The minimum absolute atomic E-state index is 0.139. The molecule has 0 radical (unpaired) electrons. The van der Waals surface area contributed by atoms with E-state index in [4.69, 9.17) is 11.6 Å². The summed E-state index contributed by atoms with van der Waals surface area (Å²) >= 11 is 6.00. The lowest BCUT2D eigenvalue weighted by atomic mass is 10.0. The van der Waals surface area contributed by atoms with Crippen LogP contribution in [0.25, 0.3) is 0 Å². The summed E-state index contributed by atoms with van der Waals surface area (Å²) < 4.78 is 0. The van der Waals surface area contributed by atoms with Crippen molar-refractivity contribution in [2.24, 2.45) is 5.92 Å². The van der Waals surface area contributed by atoms with E-state index in [0.717, 1.165) is 36.9 Å². The molecule has 0 unspecified atom stereocenters. The van der Waals surface area contributed by atoms with E-state index >= 15 is 0 Å². The molecule has 0 aromatic heterocycles. The minimum atomic E-state index is 0.139. The first-order chi connectivity index (χ1) is 11.9. The third kappa shape index (κ3) is 14.7. The average Bonchev–Trinajstić information content (AvgIpc) is 2.56. The molecule has 0 saturated carbocycles. The summed E-state index contributed by atoms with van der Waals surface area (Å²) in [5.41, 5.74) is 1.83. The zero-order valence-corrected chi connectivity index (χ0v) is 17.6. The maximum atomic E-state index is 11.5. The molecule has 0 atom stereocenters. The van der Waals surface area contributed by atoms with Crippen LogP contribution in [0.1, 0.15) is 79.2 Å². The van der Waals surface area contributed by atoms with Gasteiger partial charge in [0, 0.05) is 23.0 Å². The van der Waals surface area contributed by atoms with Crippen LogP contribution in [0.5, 0.6) is 0 Å². The SMILES string of the molecule is CC.CC(C)C(=O)CCCCCc1cc(Cl)cc(NC=O)c1.CCC. The number of Topliss-reactive ketones (excluding diaryl/α,β-unsaturated/α-hetero) is 1. The highest BCUT2D eigenvalue weighted by molar-refractivity contribution is 6.31. The quantitative estimate of drug-likeness (QED) is 0.389. The van der Waals surface area contributed by atoms with E-state index in [-0.39, 0.29) is 5.92 Å². The number of ketones is 1. The molecule has 1 aromatic carbocycles. The molecular weight excluding hydrogens is 334 g/mol. The van der Waals surface area contributed by atoms with E-state index in [1.807, 2.05) is 39.8 Å². The lowest BCUT2D eigenvalue weighted by Gasteiger charge is -2.06. The summed E-state index contributed by atoms with van der Waals surface area (Å²) in [6, 6.07) is 5.57. The molecular formula is C21H36ClNO2. The number of carbonyl (C=O) groups is 2. The van der Waals surface area contributed by atoms with Crippen LogP contribution < -0.4 is 5.32 Å². The summed E-state index contributed by atoms with van der Waals surface area (Å²) in [4.78, 5) is 21.9. The molecule has 1 aromatic rings. The molecule has 1 N–H and O–H groups in total. The number of nitrogens with one attached hydrogen (secondary N) is 1. The van der Waals surface area contributed by atoms with Gasteiger partial charge in [-0.1, -0.05) is 66.0 Å². The molecule has 3 nitrogen and oxygen atoms in total. The van der Waals surface area contributed by atoms with E-state index in [2.05, 4.69) is 19.2 Å². The van der Waals surface area contributed by atoms with Crippen LogP contribution >= 0.6 is 11.6 Å². The molecule has 0 spiro atoms. The van der Waals surface area contributed by atoms with Crippen molar-refractivity contribution in [3.63, 3.8) is 0 Å². The van der Waals surface area contributed by atoms with Gasteiger partial charge in [0.15, 0.2) is 0 Å². The third-order valence-corrected chi connectivity index (χ3v) is 3.43. The van der Waals surface area contributed by atoms with Crippen molar-refractivity contribution < 1.29 is 9.59 Å². The first kappa shape index (κ1) is 25.9. The van der Waals surface area contributed by atoms with Crippen molar-refractivity contribution in [3.05, 3.63) is 28.8 Å². The summed E-state index contributed by atoms with van der Waals surface area (Å²) in [5, 5.41) is 3.23. The predicted octanol–water partition coefficient (Wildman–Crippen LogP) is 6.68. The van der Waals surface area contributed by atoms with Crippen LogP contribution in [-0.2, 0) is 16.0 Å². The Balaban J connectivity index is 0. The second-order valence-electron chi connectivity index (χ2n) is 6.00. The molecule has 25 heavy (non-hydrogen) atoms. The van der Waals surface area contributed by atoms with E-state index in [1.54, 1.807) is 6.07 Å². The Kier molecular flexibility index (Phi) is 18.1. The molecule has 144 valence electrons. The monoisotopic (exact) mass is 369 g/mol. The van der Waals surface area contributed by atoms with Crippen LogP contribution in [0.2, 0.25) is 5.02 Å². The molecule has 0 aliphatic carbocycles. The number of carbonyl (C=O) groups excluding carboxylic acids is 2. The molecule has 0 aliphatic rings. The highest BCUT2D eigenvalue weighted by Gasteiger charge is 2.06. The Labute approximate surface area is 159 Å². The van der Waals surface area contributed by atoms with Gasteiger partial charge in [-0.15, -0.1) is 0 Å². The van der Waals surface area contributed by atoms with Crippen molar-refractivity contribution in [2.45, 2.75) is 80.1 Å². The molecule has 1 amide bonds. The number of anilines is 1. The number of hydrogen-bond acceptors (Lipinski definition) is 2. The second kappa shape index (κ2) is 17.5. The van der Waals surface area contributed by atoms with E-state index in [9.17, 15) is 9.59 Å². The van der Waals surface area contributed by atoms with Gasteiger partial charge in [-0.25, -0.2) is 0 Å². The van der Waals surface area contributed by atoms with Gasteiger partial charge in [-0.05, 0) is 43.0 Å². The normalized spacial score (nSPS) is 9.44. The van der Waals surface area contributed by atoms with Crippen LogP contribution in [0.4, 0.5) is 5.69 Å². The Bertz CT molecular complexity index is 473. The van der Waals surface area contributed by atoms with Crippen molar-refractivity contribution in [2.75, 3.05) is 5.32 Å². The number of hydrogen-bond donors (Lipinski definition) is 1. The fraction of sp³-hybridized carbons (Fsp3) is 0.619. The average molecular weight is 370 g/mol. The smallest absolute Gasteiger partial charge is 0.211 e. The van der Waals surface area contributed by atoms with E-state index in [1.165, 1.54) is 6.42 Å². The van der Waals surface area contributed by atoms with E-state index in [0.29, 0.717) is 23.6 Å². The number of aryl methyl sites for hydroxylation is 1. The zero-order valence-electron chi connectivity index (χ0n) is 16.8. The molecule has 1 rings (SSSR count). The Morgan fingerprint density at radius 1 is 1.12 bits per heavy atom. The Hall–Kier alpha value is -1.35. The van der Waals surface area contributed by atoms with E-state index < -0.39 is 0 Å². The number of rotatable bonds is 9. The third-order valence-electron chi connectivity index (χ3n) is 3.22. The van der Waals surface area contributed by atoms with Crippen LogP contribution in [0, 0.1) is 5.92 Å². The maximum absolute atomic E-state index is 11.5. The lowest BCUT2D eigenvalue weighted by molar-refractivity contribution is -0.122. The first-order valence-corrected chi connectivity index (χ1v) is 9.84. The molecule has 0 bridgehead atoms. The molecule has 4 heteroatoms. The topological polar surface area (TPSA) is 46.2 Å². The van der Waals surface area contributed by atoms with Crippen LogP contribution in [-0.4, -0.2) is 12.2 Å². The van der Waals surface area contributed by atoms with Crippen molar-refractivity contribution in [1.82, 2.24) is 0 Å². The standard InChI is InChI=1S/C16H22ClNO2.C3H8.C2H6/c1-12(2)16(20)7-5-3-4-6-13-8-14(17)10-15(9-13)18-11-19;1-3-2;1-2/h8-12H,3-7H2,1-2H3,(H,18,19);3H2,1-2H3;1-2H3. The number of amides is 1. The number of halogens is 1. The highest BCUT2D eigenvalue weighted by Crippen LogP contribution is 2.20. The Morgan fingerprint density at radius 2 is 1.72 bits per heavy atom. The first-order valence-electron chi connectivity index (χ1n) is 9.46. The zero-order chi connectivity index (χ0) is 19.7. The molecule has 0 saturated heterocycles. The van der Waals surface area contributed by atoms with Gasteiger partial charge in [0.05, 0.1) is 0 Å². The second-order valence-corrected chi connectivity index (χ2v) is 6.44. The van der Waals surface area contributed by atoms with Crippen molar-refractivity contribution in [3.8, 4) is 0 Å². The highest BCUT2D eigenvalue weighted by atomic mass is 35.5. The van der Waals surface area contributed by atoms with Gasteiger partial charge in [-0.2, -0.15) is 0 Å². The summed E-state index contributed by atoms with van der Waals surface area (Å²) in [6.45, 7) is 12.1. The predicted molar refractivity (Wildman–Crippen MR) is 110 cm³/mol. The largest absolute Gasteiger partial charge is 0.329 e. The van der Waals surface area contributed by atoms with Crippen LogP contribution in [0.3, 0.4) is 0 Å².